The van der Waals surface area contributed by atoms with Crippen LogP contribution in [0.15, 0.2) is 39.8 Å². The van der Waals surface area contributed by atoms with Gasteiger partial charge in [0.2, 0.25) is 6.39 Å². The molecule has 3 N–H and O–H groups in total. The summed E-state index contributed by atoms with van der Waals surface area (Å²) in [7, 11) is 0. The average molecular weight is 320 g/mol. The van der Waals surface area contributed by atoms with Gasteiger partial charge in [-0.05, 0) is 34.1 Å². The quantitative estimate of drug-likeness (QED) is 0.721. The maximum Gasteiger partial charge on any atom is 0.213 e. The van der Waals surface area contributed by atoms with E-state index < -0.39 is 0 Å². The van der Waals surface area contributed by atoms with Crippen LogP contribution in [-0.2, 0) is 6.54 Å². The Morgan fingerprint density at radius 3 is 3.00 bits per heavy atom. The van der Waals surface area contributed by atoms with Gasteiger partial charge in [0.15, 0.2) is 5.82 Å². The fourth-order valence-electron chi connectivity index (χ4n) is 1.80. The second kappa shape index (κ2) is 4.85. The number of anilines is 2. The molecule has 3 rings (SSSR count). The molecule has 0 atom stereocenters. The molecule has 0 fully saturated rings. The van der Waals surface area contributed by atoms with Crippen LogP contribution >= 0.6 is 15.9 Å². The number of nitrogens with two attached hydrogens (primary N) is 1. The number of nitrogen functional groups attached to an aromatic ring is 1. The lowest BCUT2D eigenvalue weighted by Crippen LogP contribution is -2.03. The van der Waals surface area contributed by atoms with Crippen molar-refractivity contribution in [3.05, 3.63) is 41.1 Å². The second-order valence-electron chi connectivity index (χ2n) is 3.95. The SMILES string of the molecule is Nc1ccc(NCc2ncon2)c2ncc(Br)cc12. The van der Waals surface area contributed by atoms with Crippen LogP contribution in [0.4, 0.5) is 11.4 Å². The van der Waals surface area contributed by atoms with Gasteiger partial charge in [-0.2, -0.15) is 4.98 Å². The van der Waals surface area contributed by atoms with Gasteiger partial charge in [-0.15, -0.1) is 0 Å². The summed E-state index contributed by atoms with van der Waals surface area (Å²) in [5.74, 6) is 0.585. The molecule has 0 aliphatic rings. The second-order valence-corrected chi connectivity index (χ2v) is 4.87. The maximum atomic E-state index is 5.96. The first kappa shape index (κ1) is 11.9. The van der Waals surface area contributed by atoms with E-state index in [-0.39, 0.29) is 0 Å². The summed E-state index contributed by atoms with van der Waals surface area (Å²) in [5, 5.41) is 7.86. The van der Waals surface area contributed by atoms with Gasteiger partial charge in [-0.3, -0.25) is 4.98 Å². The van der Waals surface area contributed by atoms with Crippen LogP contribution in [0.3, 0.4) is 0 Å². The standard InChI is InChI=1S/C12H10BrN5O/c13-7-3-8-9(14)1-2-10(12(8)16-4-7)15-5-11-17-6-19-18-11/h1-4,6,15H,5,14H2. The molecule has 1 aromatic carbocycles. The zero-order chi connectivity index (χ0) is 13.2. The maximum absolute atomic E-state index is 5.96. The highest BCUT2D eigenvalue weighted by Crippen LogP contribution is 2.28. The molecule has 0 aliphatic heterocycles. The minimum atomic E-state index is 0.466. The summed E-state index contributed by atoms with van der Waals surface area (Å²) in [6.07, 6.45) is 3.04. The number of benzene rings is 1. The smallest absolute Gasteiger partial charge is 0.213 e. The highest BCUT2D eigenvalue weighted by atomic mass is 79.9. The lowest BCUT2D eigenvalue weighted by atomic mass is 10.1. The molecule has 0 spiro atoms. The minimum absolute atomic E-state index is 0.466. The Morgan fingerprint density at radius 2 is 2.21 bits per heavy atom. The van der Waals surface area contributed by atoms with Gasteiger partial charge in [0.1, 0.15) is 0 Å². The highest BCUT2D eigenvalue weighted by Gasteiger charge is 2.07. The Kier molecular flexibility index (Phi) is 3.04. The third kappa shape index (κ3) is 2.37. The molecular formula is C12H10BrN5O. The van der Waals surface area contributed by atoms with Gasteiger partial charge in [0, 0.05) is 21.7 Å². The Morgan fingerprint density at radius 1 is 1.32 bits per heavy atom. The number of nitrogens with zero attached hydrogens (tertiary/aromatic N) is 3. The highest BCUT2D eigenvalue weighted by molar-refractivity contribution is 9.10. The molecular weight excluding hydrogens is 310 g/mol. The van der Waals surface area contributed by atoms with Gasteiger partial charge < -0.3 is 15.6 Å². The molecule has 0 saturated heterocycles. The van der Waals surface area contributed by atoms with Gasteiger partial charge in [-0.1, -0.05) is 5.16 Å². The van der Waals surface area contributed by atoms with E-state index in [1.165, 1.54) is 6.39 Å². The van der Waals surface area contributed by atoms with E-state index in [0.29, 0.717) is 18.1 Å². The molecule has 0 bridgehead atoms. The molecule has 6 nitrogen and oxygen atoms in total. The normalized spacial score (nSPS) is 10.8. The number of nitrogens with one attached hydrogen (secondary N) is 1. The van der Waals surface area contributed by atoms with Crippen molar-refractivity contribution in [3.8, 4) is 0 Å². The van der Waals surface area contributed by atoms with Gasteiger partial charge >= 0.3 is 0 Å². The lowest BCUT2D eigenvalue weighted by molar-refractivity contribution is 0.411. The average Bonchev–Trinajstić information content (AvgIpc) is 2.92. The predicted octanol–water partition coefficient (Wildman–Crippen LogP) is 2.57. The number of fused-ring (bicyclic) bond motifs is 1. The predicted molar refractivity (Wildman–Crippen MR) is 75.5 cm³/mol. The summed E-state index contributed by atoms with van der Waals surface area (Å²) in [6, 6.07) is 5.67. The number of aromatic nitrogens is 3. The van der Waals surface area contributed by atoms with Crippen LogP contribution in [-0.4, -0.2) is 15.1 Å². The monoisotopic (exact) mass is 319 g/mol. The Balaban J connectivity index is 1.97. The Bertz CT molecular complexity index is 713. The fourth-order valence-corrected chi connectivity index (χ4v) is 2.13. The zero-order valence-electron chi connectivity index (χ0n) is 9.80. The third-order valence-electron chi connectivity index (χ3n) is 2.69. The van der Waals surface area contributed by atoms with Gasteiger partial charge in [-0.25, -0.2) is 0 Å². The van der Waals surface area contributed by atoms with E-state index in [0.717, 1.165) is 21.1 Å². The van der Waals surface area contributed by atoms with Crippen LogP contribution in [0.25, 0.3) is 10.9 Å². The summed E-state index contributed by atoms with van der Waals surface area (Å²) in [4.78, 5) is 8.34. The topological polar surface area (TPSA) is 89.9 Å². The van der Waals surface area contributed by atoms with E-state index in [1.54, 1.807) is 6.20 Å². The van der Waals surface area contributed by atoms with Crippen molar-refractivity contribution in [2.45, 2.75) is 6.54 Å². The molecule has 19 heavy (non-hydrogen) atoms. The number of hydrogen-bond donors (Lipinski definition) is 2. The molecule has 2 heterocycles. The van der Waals surface area contributed by atoms with E-state index in [9.17, 15) is 0 Å². The van der Waals surface area contributed by atoms with Crippen LogP contribution in [0.1, 0.15) is 5.82 Å². The molecule has 96 valence electrons. The van der Waals surface area contributed by atoms with Crippen molar-refractivity contribution >= 4 is 38.2 Å². The fraction of sp³-hybridized carbons (Fsp3) is 0.0833. The molecule has 0 amide bonds. The molecule has 0 unspecified atom stereocenters. The van der Waals surface area contributed by atoms with Gasteiger partial charge in [0.25, 0.3) is 0 Å². The molecule has 0 saturated carbocycles. The van der Waals surface area contributed by atoms with Crippen molar-refractivity contribution in [2.24, 2.45) is 0 Å². The first-order chi connectivity index (χ1) is 9.24. The van der Waals surface area contributed by atoms with Crippen LogP contribution in [0.2, 0.25) is 0 Å². The first-order valence-corrected chi connectivity index (χ1v) is 6.36. The molecule has 0 aliphatic carbocycles. The Labute approximate surface area is 117 Å². The van der Waals surface area contributed by atoms with E-state index in [2.05, 4.69) is 40.9 Å². The summed E-state index contributed by atoms with van der Waals surface area (Å²) < 4.78 is 5.57. The van der Waals surface area contributed by atoms with Crippen molar-refractivity contribution in [1.82, 2.24) is 15.1 Å². The largest absolute Gasteiger partial charge is 0.398 e. The molecule has 0 radical (unpaired) electrons. The van der Waals surface area contributed by atoms with Crippen molar-refractivity contribution < 1.29 is 4.52 Å². The third-order valence-corrected chi connectivity index (χ3v) is 3.13. The number of hydrogen-bond acceptors (Lipinski definition) is 6. The minimum Gasteiger partial charge on any atom is -0.398 e. The van der Waals surface area contributed by atoms with Crippen LogP contribution in [0.5, 0.6) is 0 Å². The van der Waals surface area contributed by atoms with E-state index in [1.807, 2.05) is 18.2 Å². The zero-order valence-corrected chi connectivity index (χ0v) is 11.4. The van der Waals surface area contributed by atoms with Crippen LogP contribution in [0, 0.1) is 0 Å². The first-order valence-electron chi connectivity index (χ1n) is 5.57. The molecule has 7 heteroatoms. The van der Waals surface area contributed by atoms with Crippen molar-refractivity contribution in [3.63, 3.8) is 0 Å². The number of rotatable bonds is 3. The number of pyridine rings is 1. The molecule has 3 aromatic rings. The van der Waals surface area contributed by atoms with Crippen molar-refractivity contribution in [2.75, 3.05) is 11.1 Å². The summed E-state index contributed by atoms with van der Waals surface area (Å²) >= 11 is 3.39. The lowest BCUT2D eigenvalue weighted by Gasteiger charge is -2.09. The van der Waals surface area contributed by atoms with E-state index >= 15 is 0 Å². The van der Waals surface area contributed by atoms with E-state index in [4.69, 9.17) is 5.73 Å². The Hall–Kier alpha value is -2.15. The molecule has 2 aromatic heterocycles. The summed E-state index contributed by atoms with van der Waals surface area (Å²) in [5.41, 5.74) is 8.33. The van der Waals surface area contributed by atoms with Gasteiger partial charge in [0.05, 0.1) is 17.7 Å². The van der Waals surface area contributed by atoms with Crippen molar-refractivity contribution in [1.29, 1.82) is 0 Å². The van der Waals surface area contributed by atoms with Crippen LogP contribution < -0.4 is 11.1 Å². The summed E-state index contributed by atoms with van der Waals surface area (Å²) in [6.45, 7) is 0.466. The number of halogens is 1.